The number of imide groups is 1. The SMILES string of the molecule is CCCC(C(=O)NC=O)N1Cc2cc(CNCC3(F)CCN(c4ncc(-c5cccc(Cl)c5)cc4F)CC3)ccc2C1=O. The van der Waals surface area contributed by atoms with E-state index in [1.165, 1.54) is 11.0 Å². The van der Waals surface area contributed by atoms with Crippen LogP contribution in [-0.2, 0) is 22.7 Å². The number of amides is 3. The molecule has 43 heavy (non-hydrogen) atoms. The maximum absolute atomic E-state index is 15.7. The molecule has 8 nitrogen and oxygen atoms in total. The monoisotopic (exact) mass is 609 g/mol. The number of nitrogens with zero attached hydrogens (tertiary/aromatic N) is 3. The van der Waals surface area contributed by atoms with Crippen molar-refractivity contribution in [1.82, 2.24) is 20.5 Å². The number of benzene rings is 2. The Morgan fingerprint density at radius 1 is 1.16 bits per heavy atom. The summed E-state index contributed by atoms with van der Waals surface area (Å²) in [4.78, 5) is 43.8. The first kappa shape index (κ1) is 30.6. The summed E-state index contributed by atoms with van der Waals surface area (Å²) in [6.45, 7) is 3.40. The zero-order valence-electron chi connectivity index (χ0n) is 23.9. The van der Waals surface area contributed by atoms with E-state index < -0.39 is 23.4 Å². The molecule has 3 heterocycles. The van der Waals surface area contributed by atoms with Gasteiger partial charge in [0.1, 0.15) is 11.7 Å². The summed E-state index contributed by atoms with van der Waals surface area (Å²) in [5.41, 5.74) is 2.16. The van der Waals surface area contributed by atoms with E-state index in [0.29, 0.717) is 55.0 Å². The van der Waals surface area contributed by atoms with Crippen LogP contribution in [0.25, 0.3) is 11.1 Å². The molecule has 0 bridgehead atoms. The summed E-state index contributed by atoms with van der Waals surface area (Å²) in [5, 5.41) is 5.93. The predicted molar refractivity (Wildman–Crippen MR) is 161 cm³/mol. The van der Waals surface area contributed by atoms with Crippen molar-refractivity contribution in [2.24, 2.45) is 0 Å². The molecule has 1 atom stereocenters. The van der Waals surface area contributed by atoms with Gasteiger partial charge in [0.25, 0.3) is 5.91 Å². The summed E-state index contributed by atoms with van der Waals surface area (Å²) in [6.07, 6.45) is 3.52. The van der Waals surface area contributed by atoms with Gasteiger partial charge < -0.3 is 15.1 Å². The first-order valence-electron chi connectivity index (χ1n) is 14.4. The molecule has 1 unspecified atom stereocenters. The molecule has 0 spiro atoms. The van der Waals surface area contributed by atoms with Crippen LogP contribution in [0.4, 0.5) is 14.6 Å². The van der Waals surface area contributed by atoms with Crippen molar-refractivity contribution in [1.29, 1.82) is 0 Å². The molecule has 0 saturated carbocycles. The number of halogens is 3. The van der Waals surface area contributed by atoms with Crippen molar-refractivity contribution in [3.05, 3.63) is 82.3 Å². The first-order valence-corrected chi connectivity index (χ1v) is 14.8. The number of fused-ring (bicyclic) bond motifs is 1. The number of carbonyl (C=O) groups excluding carboxylic acids is 3. The van der Waals surface area contributed by atoms with Crippen molar-refractivity contribution in [3.8, 4) is 11.1 Å². The molecule has 0 radical (unpaired) electrons. The lowest BCUT2D eigenvalue weighted by molar-refractivity contribution is -0.129. The van der Waals surface area contributed by atoms with Crippen LogP contribution in [0.1, 0.15) is 54.1 Å². The van der Waals surface area contributed by atoms with Crippen molar-refractivity contribution < 1.29 is 23.2 Å². The van der Waals surface area contributed by atoms with E-state index in [0.717, 1.165) is 16.7 Å². The number of pyridine rings is 1. The molecule has 3 aromatic rings. The molecular weight excluding hydrogens is 576 g/mol. The van der Waals surface area contributed by atoms with Crippen LogP contribution < -0.4 is 15.5 Å². The Morgan fingerprint density at radius 2 is 1.95 bits per heavy atom. The molecular formula is C32H34ClF2N5O3. The molecule has 2 aliphatic heterocycles. The van der Waals surface area contributed by atoms with Crippen molar-refractivity contribution in [2.45, 2.75) is 57.4 Å². The number of hydrogen-bond acceptors (Lipinski definition) is 6. The number of rotatable bonds is 11. The minimum Gasteiger partial charge on any atom is -0.354 e. The highest BCUT2D eigenvalue weighted by atomic mass is 35.5. The molecule has 1 fully saturated rings. The Hall–Kier alpha value is -3.89. The van der Waals surface area contributed by atoms with Gasteiger partial charge in [-0.25, -0.2) is 13.8 Å². The number of nitrogens with one attached hydrogen (secondary N) is 2. The smallest absolute Gasteiger partial charge is 0.255 e. The van der Waals surface area contributed by atoms with Gasteiger partial charge in [-0.15, -0.1) is 0 Å². The second kappa shape index (κ2) is 13.2. The predicted octanol–water partition coefficient (Wildman–Crippen LogP) is 5.04. The molecule has 3 amide bonds. The second-order valence-electron chi connectivity index (χ2n) is 11.1. The zero-order valence-corrected chi connectivity index (χ0v) is 24.7. The van der Waals surface area contributed by atoms with Crippen molar-refractivity contribution in [2.75, 3.05) is 24.5 Å². The van der Waals surface area contributed by atoms with Crippen LogP contribution in [0.5, 0.6) is 0 Å². The zero-order chi connectivity index (χ0) is 30.6. The summed E-state index contributed by atoms with van der Waals surface area (Å²) < 4.78 is 30.7. The maximum atomic E-state index is 15.7. The lowest BCUT2D eigenvalue weighted by Crippen LogP contribution is -2.47. The molecule has 226 valence electrons. The normalized spacial score (nSPS) is 16.6. The topological polar surface area (TPSA) is 94.6 Å². The number of hydrogen-bond donors (Lipinski definition) is 2. The van der Waals surface area contributed by atoms with Gasteiger partial charge in [0.15, 0.2) is 11.6 Å². The second-order valence-corrected chi connectivity index (χ2v) is 11.6. The summed E-state index contributed by atoms with van der Waals surface area (Å²) in [7, 11) is 0. The number of anilines is 1. The van der Waals surface area contributed by atoms with Gasteiger partial charge in [0, 0.05) is 67.9 Å². The van der Waals surface area contributed by atoms with Crippen LogP contribution in [0.3, 0.4) is 0 Å². The quantitative estimate of drug-likeness (QED) is 0.296. The van der Waals surface area contributed by atoms with Crippen LogP contribution >= 0.6 is 11.6 Å². The largest absolute Gasteiger partial charge is 0.354 e. The first-order chi connectivity index (χ1) is 20.7. The highest BCUT2D eigenvalue weighted by molar-refractivity contribution is 6.30. The Kier molecular flexibility index (Phi) is 9.37. The minimum atomic E-state index is -1.45. The van der Waals surface area contributed by atoms with E-state index in [4.69, 9.17) is 11.6 Å². The molecule has 2 N–H and O–H groups in total. The molecule has 5 rings (SSSR count). The fraction of sp³-hybridized carbons (Fsp3) is 0.375. The average Bonchev–Trinajstić information content (AvgIpc) is 3.31. The van der Waals surface area contributed by atoms with E-state index in [2.05, 4.69) is 15.6 Å². The lowest BCUT2D eigenvalue weighted by Gasteiger charge is -2.37. The van der Waals surface area contributed by atoms with E-state index >= 15 is 8.78 Å². The standard InChI is InChI=1S/C32H34ClF2N5O3/c1-2-4-28(30(42)38-20-41)40-18-24-13-21(7-8-26(24)31(40)43)16-36-19-32(35)9-11-39(12-10-32)29-27(34)15-23(17-37-29)22-5-3-6-25(33)14-22/h3,5-8,13-15,17,20,28,36H,2,4,9-12,16,18-19H2,1H3,(H,38,41,42). The maximum Gasteiger partial charge on any atom is 0.255 e. The van der Waals surface area contributed by atoms with Gasteiger partial charge in [0.2, 0.25) is 12.3 Å². The third-order valence-electron chi connectivity index (χ3n) is 8.15. The van der Waals surface area contributed by atoms with Gasteiger partial charge >= 0.3 is 0 Å². The lowest BCUT2D eigenvalue weighted by atomic mass is 9.93. The fourth-order valence-corrected chi connectivity index (χ4v) is 6.02. The Morgan fingerprint density at radius 3 is 2.65 bits per heavy atom. The van der Waals surface area contributed by atoms with Crippen LogP contribution in [0.15, 0.2) is 54.7 Å². The molecule has 11 heteroatoms. The average molecular weight is 610 g/mol. The van der Waals surface area contributed by atoms with Gasteiger partial charge in [-0.05, 0) is 47.4 Å². The molecule has 1 aromatic heterocycles. The van der Waals surface area contributed by atoms with Gasteiger partial charge in [-0.1, -0.05) is 49.2 Å². The van der Waals surface area contributed by atoms with Crippen LogP contribution in [0, 0.1) is 5.82 Å². The minimum absolute atomic E-state index is 0.136. The summed E-state index contributed by atoms with van der Waals surface area (Å²) in [6, 6.07) is 13.3. The third kappa shape index (κ3) is 6.86. The molecule has 0 aliphatic carbocycles. The van der Waals surface area contributed by atoms with E-state index in [-0.39, 0.29) is 37.7 Å². The molecule has 2 aliphatic rings. The third-order valence-corrected chi connectivity index (χ3v) is 8.39. The number of carbonyl (C=O) groups is 3. The molecule has 1 saturated heterocycles. The Labute approximate surface area is 254 Å². The van der Waals surface area contributed by atoms with Crippen molar-refractivity contribution >= 4 is 35.6 Å². The highest BCUT2D eigenvalue weighted by Crippen LogP contribution is 2.32. The molecule has 2 aromatic carbocycles. The number of aromatic nitrogens is 1. The number of piperidine rings is 1. The fourth-order valence-electron chi connectivity index (χ4n) is 5.83. The van der Waals surface area contributed by atoms with Crippen LogP contribution in [-0.4, -0.2) is 59.5 Å². The van der Waals surface area contributed by atoms with Gasteiger partial charge in [0.05, 0.1) is 0 Å². The van der Waals surface area contributed by atoms with Gasteiger partial charge in [-0.3, -0.25) is 19.7 Å². The Balaban J connectivity index is 1.14. The number of alkyl halides is 1. The summed E-state index contributed by atoms with van der Waals surface area (Å²) in [5.74, 6) is -0.978. The van der Waals surface area contributed by atoms with E-state index in [1.54, 1.807) is 35.4 Å². The highest BCUT2D eigenvalue weighted by Gasteiger charge is 2.37. The summed E-state index contributed by atoms with van der Waals surface area (Å²) >= 11 is 6.06. The van der Waals surface area contributed by atoms with Gasteiger partial charge in [-0.2, -0.15) is 0 Å². The van der Waals surface area contributed by atoms with E-state index in [9.17, 15) is 14.4 Å². The van der Waals surface area contributed by atoms with E-state index in [1.807, 2.05) is 25.1 Å². The van der Waals surface area contributed by atoms with Crippen molar-refractivity contribution in [3.63, 3.8) is 0 Å². The van der Waals surface area contributed by atoms with Crippen LogP contribution in [0.2, 0.25) is 5.02 Å². The Bertz CT molecular complexity index is 1510.